The topological polar surface area (TPSA) is 53.2 Å². The number of carbonyl (C=O) groups excluding carboxylic acids is 1. The maximum atomic E-state index is 12.9. The summed E-state index contributed by atoms with van der Waals surface area (Å²) in [5.41, 5.74) is 0.866. The highest BCUT2D eigenvalue weighted by atomic mass is 19.1. The summed E-state index contributed by atoms with van der Waals surface area (Å²) in [6.45, 7) is 0.417. The number of halogens is 1. The molecule has 1 aliphatic rings. The Morgan fingerprint density at radius 1 is 1.19 bits per heavy atom. The van der Waals surface area contributed by atoms with Crippen LogP contribution in [0.1, 0.15) is 28.9 Å². The number of rotatable bonds is 4. The van der Waals surface area contributed by atoms with Crippen molar-refractivity contribution in [3.63, 3.8) is 0 Å². The van der Waals surface area contributed by atoms with E-state index in [1.165, 1.54) is 18.2 Å². The zero-order chi connectivity index (χ0) is 14.8. The van der Waals surface area contributed by atoms with Crippen LogP contribution in [0.25, 0.3) is 0 Å². The summed E-state index contributed by atoms with van der Waals surface area (Å²) in [6, 6.07) is 10.9. The van der Waals surface area contributed by atoms with Crippen molar-refractivity contribution in [2.75, 3.05) is 0 Å². The molecule has 2 aromatic rings. The molecule has 0 aliphatic heterocycles. The van der Waals surface area contributed by atoms with E-state index in [4.69, 9.17) is 0 Å². The molecule has 0 bridgehead atoms. The number of nitrogens with zero attached hydrogens (tertiary/aromatic N) is 1. The van der Waals surface area contributed by atoms with Gasteiger partial charge in [-0.15, -0.1) is 0 Å². The average molecular weight is 286 g/mol. The molecule has 1 amide bonds. The van der Waals surface area contributed by atoms with Crippen molar-refractivity contribution in [1.29, 1.82) is 0 Å². The van der Waals surface area contributed by atoms with Gasteiger partial charge < -0.3 is 9.88 Å². The van der Waals surface area contributed by atoms with Crippen molar-refractivity contribution >= 4 is 5.91 Å². The number of aromatic nitrogens is 1. The zero-order valence-corrected chi connectivity index (χ0v) is 11.4. The van der Waals surface area contributed by atoms with Crippen LogP contribution in [-0.2, 0) is 6.54 Å². The van der Waals surface area contributed by atoms with Crippen LogP contribution in [0.5, 0.6) is 0 Å². The van der Waals surface area contributed by atoms with Gasteiger partial charge in [0, 0.05) is 18.7 Å². The maximum Gasteiger partial charge on any atom is 0.270 e. The fourth-order valence-electron chi connectivity index (χ4n) is 2.27. The Kier molecular flexibility index (Phi) is 3.56. The lowest BCUT2D eigenvalue weighted by atomic mass is 10.2. The van der Waals surface area contributed by atoms with Crippen LogP contribution in [0.2, 0.25) is 0 Å². The Morgan fingerprint density at radius 3 is 2.52 bits per heavy atom. The van der Waals surface area contributed by atoms with Crippen LogP contribution in [0.4, 0.5) is 4.39 Å². The third kappa shape index (κ3) is 3.18. The molecular weight excluding hydrogens is 271 g/mol. The van der Waals surface area contributed by atoms with Crippen molar-refractivity contribution in [2.45, 2.75) is 25.4 Å². The summed E-state index contributed by atoms with van der Waals surface area (Å²) >= 11 is 0. The van der Waals surface area contributed by atoms with Gasteiger partial charge in [0.25, 0.3) is 5.91 Å². The molecular formula is C16H15FN2O2. The largest absolute Gasteiger partial charge is 0.330 e. The summed E-state index contributed by atoms with van der Waals surface area (Å²) in [5, 5.41) is 0. The Morgan fingerprint density at radius 2 is 1.90 bits per heavy atom. The quantitative estimate of drug-likeness (QED) is 0.937. The minimum Gasteiger partial charge on any atom is -0.330 e. The van der Waals surface area contributed by atoms with Crippen LogP contribution < -0.4 is 5.56 Å². The van der Waals surface area contributed by atoms with Gasteiger partial charge in [-0.05, 0) is 36.6 Å². The van der Waals surface area contributed by atoms with Gasteiger partial charge in [0.15, 0.2) is 0 Å². The molecule has 1 saturated carbocycles. The highest BCUT2D eigenvalue weighted by Crippen LogP contribution is 2.29. The Balaban J connectivity index is 1.83. The smallest absolute Gasteiger partial charge is 0.270 e. The number of benzene rings is 1. The fraction of sp³-hybridized carbons (Fsp3) is 0.250. The van der Waals surface area contributed by atoms with Crippen molar-refractivity contribution in [1.82, 2.24) is 9.88 Å². The molecule has 1 N–H and O–H groups in total. The van der Waals surface area contributed by atoms with Crippen molar-refractivity contribution in [3.8, 4) is 0 Å². The van der Waals surface area contributed by atoms with Gasteiger partial charge >= 0.3 is 0 Å². The molecule has 0 saturated heterocycles. The molecule has 5 heteroatoms. The molecule has 0 radical (unpaired) electrons. The van der Waals surface area contributed by atoms with E-state index in [-0.39, 0.29) is 29.0 Å². The summed E-state index contributed by atoms with van der Waals surface area (Å²) in [7, 11) is 0. The maximum absolute atomic E-state index is 12.9. The van der Waals surface area contributed by atoms with Crippen LogP contribution in [0.3, 0.4) is 0 Å². The number of carbonyl (C=O) groups is 1. The summed E-state index contributed by atoms with van der Waals surface area (Å²) in [5.74, 6) is -0.491. The number of pyridine rings is 1. The van der Waals surface area contributed by atoms with E-state index in [0.717, 1.165) is 18.4 Å². The molecule has 4 nitrogen and oxygen atoms in total. The number of hydrogen-bond acceptors (Lipinski definition) is 2. The molecule has 0 spiro atoms. The number of H-pyrrole nitrogens is 1. The molecule has 1 heterocycles. The van der Waals surface area contributed by atoms with E-state index >= 15 is 0 Å². The summed E-state index contributed by atoms with van der Waals surface area (Å²) in [4.78, 5) is 28.2. The normalized spacial score (nSPS) is 14.0. The second kappa shape index (κ2) is 5.52. The zero-order valence-electron chi connectivity index (χ0n) is 11.4. The van der Waals surface area contributed by atoms with E-state index in [1.54, 1.807) is 29.2 Å². The van der Waals surface area contributed by atoms with Crippen LogP contribution in [-0.4, -0.2) is 21.8 Å². The molecule has 0 unspecified atom stereocenters. The lowest BCUT2D eigenvalue weighted by Crippen LogP contribution is -2.34. The molecule has 1 aliphatic carbocycles. The monoisotopic (exact) mass is 286 g/mol. The van der Waals surface area contributed by atoms with Gasteiger partial charge in [0.05, 0.1) is 0 Å². The molecule has 0 atom stereocenters. The molecule has 1 fully saturated rings. The molecule has 108 valence electrons. The van der Waals surface area contributed by atoms with E-state index < -0.39 is 0 Å². The molecule has 3 rings (SSSR count). The minimum absolute atomic E-state index is 0.195. The van der Waals surface area contributed by atoms with Gasteiger partial charge in [-0.25, -0.2) is 4.39 Å². The van der Waals surface area contributed by atoms with Crippen molar-refractivity contribution in [3.05, 3.63) is 69.9 Å². The summed E-state index contributed by atoms with van der Waals surface area (Å²) in [6.07, 6.45) is 1.92. The number of nitrogens with one attached hydrogen (secondary N) is 1. The van der Waals surface area contributed by atoms with Gasteiger partial charge in [-0.3, -0.25) is 9.59 Å². The number of amides is 1. The SMILES string of the molecule is O=C(c1cccc(=O)[nH]1)N(Cc1ccc(F)cc1)C1CC1. The highest BCUT2D eigenvalue weighted by molar-refractivity contribution is 5.92. The van der Waals surface area contributed by atoms with Crippen LogP contribution in [0.15, 0.2) is 47.3 Å². The van der Waals surface area contributed by atoms with E-state index in [0.29, 0.717) is 6.54 Å². The van der Waals surface area contributed by atoms with Gasteiger partial charge in [-0.1, -0.05) is 18.2 Å². The fourth-order valence-corrected chi connectivity index (χ4v) is 2.27. The Hall–Kier alpha value is -2.43. The first-order valence-corrected chi connectivity index (χ1v) is 6.88. The lowest BCUT2D eigenvalue weighted by Gasteiger charge is -2.22. The predicted octanol–water partition coefficient (Wildman–Crippen LogP) is 2.32. The van der Waals surface area contributed by atoms with E-state index in [2.05, 4.69) is 4.98 Å². The molecule has 1 aromatic heterocycles. The highest BCUT2D eigenvalue weighted by Gasteiger charge is 2.33. The standard InChI is InChI=1S/C16H15FN2O2/c17-12-6-4-11(5-7-12)10-19(13-8-9-13)16(21)14-2-1-3-15(20)18-14/h1-7,13H,8-10H2,(H,18,20). The van der Waals surface area contributed by atoms with Crippen molar-refractivity contribution < 1.29 is 9.18 Å². The first-order valence-electron chi connectivity index (χ1n) is 6.88. The van der Waals surface area contributed by atoms with Crippen LogP contribution in [0, 0.1) is 5.82 Å². The third-order valence-corrected chi connectivity index (χ3v) is 3.51. The minimum atomic E-state index is -0.296. The predicted molar refractivity (Wildman–Crippen MR) is 76.4 cm³/mol. The van der Waals surface area contributed by atoms with E-state index in [9.17, 15) is 14.0 Å². The van der Waals surface area contributed by atoms with Crippen molar-refractivity contribution in [2.24, 2.45) is 0 Å². The van der Waals surface area contributed by atoms with Gasteiger partial charge in [-0.2, -0.15) is 0 Å². The summed E-state index contributed by atoms with van der Waals surface area (Å²) < 4.78 is 12.9. The molecule has 1 aromatic carbocycles. The Bertz CT molecular complexity index is 705. The first kappa shape index (κ1) is 13.5. The second-order valence-electron chi connectivity index (χ2n) is 5.22. The average Bonchev–Trinajstić information content (AvgIpc) is 3.30. The molecule has 21 heavy (non-hydrogen) atoms. The van der Waals surface area contributed by atoms with E-state index in [1.807, 2.05) is 0 Å². The number of aromatic amines is 1. The van der Waals surface area contributed by atoms with Gasteiger partial charge in [0.2, 0.25) is 5.56 Å². The second-order valence-corrected chi connectivity index (χ2v) is 5.22. The third-order valence-electron chi connectivity index (χ3n) is 3.51. The first-order chi connectivity index (χ1) is 10.1. The number of hydrogen-bond donors (Lipinski definition) is 1. The van der Waals surface area contributed by atoms with Crippen LogP contribution >= 0.6 is 0 Å². The lowest BCUT2D eigenvalue weighted by molar-refractivity contribution is 0.0723. The van der Waals surface area contributed by atoms with Gasteiger partial charge in [0.1, 0.15) is 11.5 Å². The Labute approximate surface area is 121 Å².